The van der Waals surface area contributed by atoms with E-state index in [1.54, 1.807) is 6.92 Å². The predicted molar refractivity (Wildman–Crippen MR) is 79.6 cm³/mol. The molecule has 0 saturated heterocycles. The van der Waals surface area contributed by atoms with E-state index in [0.29, 0.717) is 6.42 Å². The lowest BCUT2D eigenvalue weighted by atomic mass is 9.92. The Morgan fingerprint density at radius 1 is 1.16 bits per heavy atom. The van der Waals surface area contributed by atoms with Crippen molar-refractivity contribution in [2.45, 2.75) is 47.1 Å². The van der Waals surface area contributed by atoms with Crippen molar-refractivity contribution < 1.29 is 4.79 Å². The Balaban J connectivity index is 2.63. The van der Waals surface area contributed by atoms with Gasteiger partial charge in [0.2, 0.25) is 0 Å². The van der Waals surface area contributed by atoms with Gasteiger partial charge in [-0.05, 0) is 68.9 Å². The Hall–Kier alpha value is -1.61. The molecule has 0 saturated carbocycles. The zero-order valence-electron chi connectivity index (χ0n) is 12.3. The number of H-pyrrole nitrogens is 1. The minimum absolute atomic E-state index is 0.0348. The number of rotatable bonds is 3. The largest absolute Gasteiger partial charge is 0.361 e. The third-order valence-corrected chi connectivity index (χ3v) is 4.36. The van der Waals surface area contributed by atoms with Gasteiger partial charge in [-0.3, -0.25) is 4.79 Å². The molecule has 2 aromatic rings. The van der Waals surface area contributed by atoms with Crippen LogP contribution in [0.15, 0.2) is 6.20 Å². The van der Waals surface area contributed by atoms with Gasteiger partial charge in [0.1, 0.15) is 5.78 Å². The number of nitrogens with two attached hydrogens (primary N) is 1. The van der Waals surface area contributed by atoms with Crippen molar-refractivity contribution in [2.75, 3.05) is 0 Å². The monoisotopic (exact) mass is 258 g/mol. The molecule has 1 unspecified atom stereocenters. The van der Waals surface area contributed by atoms with E-state index in [4.69, 9.17) is 5.73 Å². The number of aromatic amines is 1. The van der Waals surface area contributed by atoms with Crippen molar-refractivity contribution >= 4 is 16.7 Å². The number of aromatic nitrogens is 1. The topological polar surface area (TPSA) is 58.9 Å². The molecular weight excluding hydrogens is 236 g/mol. The smallest absolute Gasteiger partial charge is 0.146 e. The van der Waals surface area contributed by atoms with Crippen LogP contribution in [0, 0.1) is 27.7 Å². The third kappa shape index (κ3) is 2.19. The van der Waals surface area contributed by atoms with Crippen LogP contribution in [0.5, 0.6) is 0 Å². The molecule has 102 valence electrons. The number of hydrogen-bond acceptors (Lipinski definition) is 2. The molecule has 0 fully saturated rings. The molecule has 1 atom stereocenters. The Kier molecular flexibility index (Phi) is 3.50. The number of Topliss-reactive ketones (excluding diaryl/α,β-unsaturated/α-hetero) is 1. The summed E-state index contributed by atoms with van der Waals surface area (Å²) in [7, 11) is 0. The number of ketones is 1. The zero-order chi connectivity index (χ0) is 14.3. The van der Waals surface area contributed by atoms with E-state index >= 15 is 0 Å². The number of carbonyl (C=O) groups excluding carboxylic acids is 1. The van der Waals surface area contributed by atoms with Crippen molar-refractivity contribution in [1.82, 2.24) is 4.98 Å². The molecule has 0 aliphatic carbocycles. The second-order valence-electron chi connectivity index (χ2n) is 5.49. The molecule has 3 heteroatoms. The molecule has 0 spiro atoms. The summed E-state index contributed by atoms with van der Waals surface area (Å²) in [5.41, 5.74) is 13.4. The summed E-state index contributed by atoms with van der Waals surface area (Å²) in [4.78, 5) is 14.7. The minimum Gasteiger partial charge on any atom is -0.361 e. The highest BCUT2D eigenvalue weighted by Gasteiger charge is 2.17. The first-order valence-electron chi connectivity index (χ1n) is 6.67. The van der Waals surface area contributed by atoms with Crippen LogP contribution >= 0.6 is 0 Å². The summed E-state index contributed by atoms with van der Waals surface area (Å²) in [5, 5.41) is 1.23. The summed E-state index contributed by atoms with van der Waals surface area (Å²) in [6, 6.07) is -0.416. The van der Waals surface area contributed by atoms with Crippen LogP contribution < -0.4 is 5.73 Å². The molecule has 1 heterocycles. The van der Waals surface area contributed by atoms with Gasteiger partial charge in [-0.25, -0.2) is 0 Å². The van der Waals surface area contributed by atoms with Crippen molar-refractivity contribution in [3.8, 4) is 0 Å². The molecule has 0 aliphatic rings. The number of hydrogen-bond donors (Lipinski definition) is 2. The van der Waals surface area contributed by atoms with Crippen molar-refractivity contribution in [1.29, 1.82) is 0 Å². The maximum Gasteiger partial charge on any atom is 0.146 e. The normalized spacial score (nSPS) is 12.9. The zero-order valence-corrected chi connectivity index (χ0v) is 12.3. The van der Waals surface area contributed by atoms with Gasteiger partial charge in [-0.1, -0.05) is 0 Å². The van der Waals surface area contributed by atoms with E-state index in [2.05, 4.69) is 32.7 Å². The van der Waals surface area contributed by atoms with E-state index in [9.17, 15) is 4.79 Å². The van der Waals surface area contributed by atoms with Crippen LogP contribution in [-0.4, -0.2) is 16.8 Å². The fourth-order valence-electron chi connectivity index (χ4n) is 2.67. The second kappa shape index (κ2) is 4.82. The van der Waals surface area contributed by atoms with E-state index in [1.165, 1.54) is 33.2 Å². The van der Waals surface area contributed by atoms with Crippen LogP contribution in [0.25, 0.3) is 10.9 Å². The molecule has 1 aromatic carbocycles. The van der Waals surface area contributed by atoms with Gasteiger partial charge in [0, 0.05) is 17.1 Å². The molecule has 3 N–H and O–H groups in total. The van der Waals surface area contributed by atoms with E-state index in [-0.39, 0.29) is 5.78 Å². The van der Waals surface area contributed by atoms with Crippen molar-refractivity contribution in [3.05, 3.63) is 34.0 Å². The SMILES string of the molecule is CC(=O)C(N)Cc1c[nH]c2c(C)c(C)c(C)c(C)c12. The summed E-state index contributed by atoms with van der Waals surface area (Å²) < 4.78 is 0. The maximum absolute atomic E-state index is 11.3. The summed E-state index contributed by atoms with van der Waals surface area (Å²) >= 11 is 0. The Bertz CT molecular complexity index is 653. The highest BCUT2D eigenvalue weighted by Crippen LogP contribution is 2.31. The van der Waals surface area contributed by atoms with Crippen LogP contribution in [0.1, 0.15) is 34.7 Å². The van der Waals surface area contributed by atoms with E-state index in [1.807, 2.05) is 6.20 Å². The van der Waals surface area contributed by atoms with Gasteiger partial charge in [-0.2, -0.15) is 0 Å². The van der Waals surface area contributed by atoms with Gasteiger partial charge in [0.05, 0.1) is 6.04 Å². The van der Waals surface area contributed by atoms with Crippen molar-refractivity contribution in [2.24, 2.45) is 5.73 Å². The van der Waals surface area contributed by atoms with E-state index in [0.717, 1.165) is 5.56 Å². The highest BCUT2D eigenvalue weighted by molar-refractivity contribution is 5.92. The lowest BCUT2D eigenvalue weighted by molar-refractivity contribution is -0.118. The first-order valence-corrected chi connectivity index (χ1v) is 6.67. The molecule has 0 amide bonds. The Morgan fingerprint density at radius 3 is 2.32 bits per heavy atom. The lowest BCUT2D eigenvalue weighted by Crippen LogP contribution is -2.30. The van der Waals surface area contributed by atoms with Gasteiger partial charge in [0.25, 0.3) is 0 Å². The first-order chi connectivity index (χ1) is 8.84. The lowest BCUT2D eigenvalue weighted by Gasteiger charge is -2.13. The Labute approximate surface area is 114 Å². The number of fused-ring (bicyclic) bond motifs is 1. The molecule has 2 rings (SSSR count). The molecular formula is C16H22N2O. The van der Waals surface area contributed by atoms with Crippen LogP contribution in [0.4, 0.5) is 0 Å². The predicted octanol–water partition coefficient (Wildman–Crippen LogP) is 2.86. The molecule has 0 bridgehead atoms. The number of carbonyl (C=O) groups is 1. The van der Waals surface area contributed by atoms with Gasteiger partial charge >= 0.3 is 0 Å². The molecule has 1 aromatic heterocycles. The molecule has 0 radical (unpaired) electrons. The average Bonchev–Trinajstić information content (AvgIpc) is 2.77. The second-order valence-corrected chi connectivity index (χ2v) is 5.49. The van der Waals surface area contributed by atoms with Gasteiger partial charge in [-0.15, -0.1) is 0 Å². The minimum atomic E-state index is -0.416. The quantitative estimate of drug-likeness (QED) is 0.889. The first kappa shape index (κ1) is 13.8. The van der Waals surface area contributed by atoms with Gasteiger partial charge < -0.3 is 10.7 Å². The molecule has 3 nitrogen and oxygen atoms in total. The molecule has 19 heavy (non-hydrogen) atoms. The summed E-state index contributed by atoms with van der Waals surface area (Å²) in [5.74, 6) is 0.0348. The molecule has 0 aliphatic heterocycles. The average molecular weight is 258 g/mol. The van der Waals surface area contributed by atoms with E-state index < -0.39 is 6.04 Å². The third-order valence-electron chi connectivity index (χ3n) is 4.36. The van der Waals surface area contributed by atoms with Gasteiger partial charge in [0.15, 0.2) is 0 Å². The highest BCUT2D eigenvalue weighted by atomic mass is 16.1. The summed E-state index contributed by atoms with van der Waals surface area (Å²) in [6.07, 6.45) is 2.59. The van der Waals surface area contributed by atoms with Crippen LogP contribution in [0.3, 0.4) is 0 Å². The standard InChI is InChI=1S/C16H22N2O/c1-8-9(2)11(4)16-15(10(8)3)13(7-18-16)6-14(17)12(5)19/h7,14,18H,6,17H2,1-5H3. The number of aryl methyl sites for hydroxylation is 2. The van der Waals surface area contributed by atoms with Crippen molar-refractivity contribution in [3.63, 3.8) is 0 Å². The maximum atomic E-state index is 11.3. The van der Waals surface area contributed by atoms with Crippen LogP contribution in [-0.2, 0) is 11.2 Å². The fraction of sp³-hybridized carbons (Fsp3) is 0.438. The Morgan fingerprint density at radius 2 is 1.74 bits per heavy atom. The summed E-state index contributed by atoms with van der Waals surface area (Å²) in [6.45, 7) is 10.1. The number of nitrogens with one attached hydrogen (secondary N) is 1. The fourth-order valence-corrected chi connectivity index (χ4v) is 2.67. The number of benzene rings is 1. The van der Waals surface area contributed by atoms with Crippen LogP contribution in [0.2, 0.25) is 0 Å².